The summed E-state index contributed by atoms with van der Waals surface area (Å²) < 4.78 is 10.2. The normalized spacial score (nSPS) is 15.6. The Kier molecular flexibility index (Phi) is 7.01. The molecule has 0 saturated carbocycles. The molecule has 1 aliphatic heterocycles. The van der Waals surface area contributed by atoms with Gasteiger partial charge >= 0.3 is 5.97 Å². The Labute approximate surface area is 149 Å². The number of aryl methyl sites for hydroxylation is 1. The minimum absolute atomic E-state index is 0.173. The van der Waals surface area contributed by atoms with E-state index in [1.165, 1.54) is 11.3 Å². The molecule has 0 radical (unpaired) electrons. The minimum atomic E-state index is -0.705. The summed E-state index contributed by atoms with van der Waals surface area (Å²) in [5, 5.41) is 0. The summed E-state index contributed by atoms with van der Waals surface area (Å²) in [6, 6.07) is 8.33. The number of carbonyl (C=O) groups excluding carboxylic acids is 2. The van der Waals surface area contributed by atoms with Crippen molar-refractivity contribution in [3.63, 3.8) is 0 Å². The highest BCUT2D eigenvalue weighted by atomic mass is 16.6. The molecule has 2 rings (SSSR count). The van der Waals surface area contributed by atoms with E-state index in [1.54, 1.807) is 17.9 Å². The number of piperazine rings is 1. The molecule has 1 saturated heterocycles. The predicted octanol–water partition coefficient (Wildman–Crippen LogP) is 1.78. The maximum Gasteiger partial charge on any atom is 0.335 e. The molecule has 1 amide bonds. The molecular weight excluding hydrogens is 320 g/mol. The van der Waals surface area contributed by atoms with E-state index in [0.29, 0.717) is 13.1 Å². The predicted molar refractivity (Wildman–Crippen MR) is 96.5 cm³/mol. The van der Waals surface area contributed by atoms with Crippen LogP contribution in [-0.4, -0.2) is 62.3 Å². The van der Waals surface area contributed by atoms with Crippen LogP contribution in [0.3, 0.4) is 0 Å². The Morgan fingerprint density at radius 3 is 2.64 bits per heavy atom. The number of carbonyl (C=O) groups is 2. The van der Waals surface area contributed by atoms with E-state index in [2.05, 4.69) is 36.6 Å². The van der Waals surface area contributed by atoms with Crippen molar-refractivity contribution in [2.24, 2.45) is 0 Å². The van der Waals surface area contributed by atoms with Crippen molar-refractivity contribution in [1.82, 2.24) is 4.90 Å². The Hall–Kier alpha value is -2.34. The number of benzene rings is 1. The van der Waals surface area contributed by atoms with Crippen LogP contribution in [0.4, 0.5) is 5.69 Å². The molecule has 25 heavy (non-hydrogen) atoms. The summed E-state index contributed by atoms with van der Waals surface area (Å²) in [6.45, 7) is 9.97. The van der Waals surface area contributed by atoms with Gasteiger partial charge in [0.05, 0.1) is 6.61 Å². The van der Waals surface area contributed by atoms with E-state index in [0.717, 1.165) is 13.1 Å². The van der Waals surface area contributed by atoms with Gasteiger partial charge in [0.1, 0.15) is 0 Å². The highest BCUT2D eigenvalue weighted by Gasteiger charge is 2.23. The lowest BCUT2D eigenvalue weighted by Gasteiger charge is -2.36. The van der Waals surface area contributed by atoms with Gasteiger partial charge in [0.25, 0.3) is 5.91 Å². The fourth-order valence-corrected chi connectivity index (χ4v) is 2.66. The SMILES string of the molecule is C=CCOC(C)C(=O)OCC(=O)N1CCN(c2cccc(C)c2)CC1. The third kappa shape index (κ3) is 5.60. The summed E-state index contributed by atoms with van der Waals surface area (Å²) in [5.74, 6) is -0.707. The molecule has 0 aromatic heterocycles. The van der Waals surface area contributed by atoms with Gasteiger partial charge in [-0.25, -0.2) is 4.79 Å². The molecule has 0 N–H and O–H groups in total. The molecule has 0 spiro atoms. The second kappa shape index (κ2) is 9.22. The largest absolute Gasteiger partial charge is 0.454 e. The van der Waals surface area contributed by atoms with Gasteiger partial charge in [-0.15, -0.1) is 6.58 Å². The van der Waals surface area contributed by atoms with Gasteiger partial charge in [-0.2, -0.15) is 0 Å². The van der Waals surface area contributed by atoms with E-state index >= 15 is 0 Å². The van der Waals surface area contributed by atoms with Crippen LogP contribution in [0.5, 0.6) is 0 Å². The van der Waals surface area contributed by atoms with Crippen LogP contribution < -0.4 is 4.90 Å². The zero-order chi connectivity index (χ0) is 18.2. The molecule has 1 atom stereocenters. The first-order chi connectivity index (χ1) is 12.0. The number of hydrogen-bond donors (Lipinski definition) is 0. The molecule has 1 fully saturated rings. The third-order valence-corrected chi connectivity index (χ3v) is 4.13. The van der Waals surface area contributed by atoms with E-state index in [-0.39, 0.29) is 19.1 Å². The number of ether oxygens (including phenoxy) is 2. The molecular formula is C19H26N2O4. The van der Waals surface area contributed by atoms with Crippen molar-refractivity contribution in [1.29, 1.82) is 0 Å². The zero-order valence-electron chi connectivity index (χ0n) is 14.9. The smallest absolute Gasteiger partial charge is 0.335 e. The minimum Gasteiger partial charge on any atom is -0.454 e. The number of anilines is 1. The van der Waals surface area contributed by atoms with Gasteiger partial charge in [0.2, 0.25) is 0 Å². The number of nitrogens with zero attached hydrogens (tertiary/aromatic N) is 2. The molecule has 1 aliphatic rings. The third-order valence-electron chi connectivity index (χ3n) is 4.13. The fourth-order valence-electron chi connectivity index (χ4n) is 2.66. The fraction of sp³-hybridized carbons (Fsp3) is 0.474. The van der Waals surface area contributed by atoms with Crippen molar-refractivity contribution < 1.29 is 19.1 Å². The lowest BCUT2D eigenvalue weighted by molar-refractivity contribution is -0.160. The van der Waals surface area contributed by atoms with E-state index in [9.17, 15) is 9.59 Å². The number of amides is 1. The molecule has 136 valence electrons. The van der Waals surface area contributed by atoms with Crippen molar-refractivity contribution in [2.75, 3.05) is 44.3 Å². The average molecular weight is 346 g/mol. The van der Waals surface area contributed by atoms with Gasteiger partial charge in [-0.05, 0) is 31.5 Å². The lowest BCUT2D eigenvalue weighted by Crippen LogP contribution is -2.50. The number of rotatable bonds is 7. The summed E-state index contributed by atoms with van der Waals surface area (Å²) in [5.41, 5.74) is 2.39. The first-order valence-corrected chi connectivity index (χ1v) is 8.49. The van der Waals surface area contributed by atoms with Crippen molar-refractivity contribution in [3.05, 3.63) is 42.5 Å². The number of hydrogen-bond acceptors (Lipinski definition) is 5. The topological polar surface area (TPSA) is 59.1 Å². The van der Waals surface area contributed by atoms with Gasteiger partial charge in [0.15, 0.2) is 12.7 Å². The highest BCUT2D eigenvalue weighted by Crippen LogP contribution is 2.17. The molecule has 1 aromatic rings. The van der Waals surface area contributed by atoms with Crippen LogP contribution in [0.2, 0.25) is 0 Å². The van der Waals surface area contributed by atoms with Crippen LogP contribution in [0.25, 0.3) is 0 Å². The second-order valence-corrected chi connectivity index (χ2v) is 6.08. The summed E-state index contributed by atoms with van der Waals surface area (Å²) in [4.78, 5) is 27.9. The molecule has 6 heteroatoms. The number of esters is 1. The quantitative estimate of drug-likeness (QED) is 0.556. The maximum absolute atomic E-state index is 12.2. The summed E-state index contributed by atoms with van der Waals surface area (Å²) >= 11 is 0. The van der Waals surface area contributed by atoms with Crippen LogP contribution in [0.1, 0.15) is 12.5 Å². The zero-order valence-corrected chi connectivity index (χ0v) is 14.9. The van der Waals surface area contributed by atoms with Gasteiger partial charge in [-0.1, -0.05) is 18.2 Å². The molecule has 0 bridgehead atoms. The van der Waals surface area contributed by atoms with E-state index in [1.807, 2.05) is 6.07 Å². The van der Waals surface area contributed by atoms with Crippen LogP contribution in [-0.2, 0) is 19.1 Å². The molecule has 1 unspecified atom stereocenters. The van der Waals surface area contributed by atoms with Gasteiger partial charge < -0.3 is 19.3 Å². The van der Waals surface area contributed by atoms with Crippen molar-refractivity contribution in [3.8, 4) is 0 Å². The van der Waals surface area contributed by atoms with Crippen molar-refractivity contribution >= 4 is 17.6 Å². The molecule has 1 aromatic carbocycles. The first-order valence-electron chi connectivity index (χ1n) is 8.49. The maximum atomic E-state index is 12.2. The molecule has 1 heterocycles. The van der Waals surface area contributed by atoms with E-state index in [4.69, 9.17) is 9.47 Å². The molecule has 0 aliphatic carbocycles. The standard InChI is InChI=1S/C19H26N2O4/c1-4-12-24-16(3)19(23)25-14-18(22)21-10-8-20(9-11-21)17-7-5-6-15(2)13-17/h4-7,13,16H,1,8-12,14H2,2-3H3. The highest BCUT2D eigenvalue weighted by molar-refractivity contribution is 5.82. The summed E-state index contributed by atoms with van der Waals surface area (Å²) in [7, 11) is 0. The first kappa shape index (κ1) is 19.0. The lowest BCUT2D eigenvalue weighted by atomic mass is 10.2. The van der Waals surface area contributed by atoms with Gasteiger partial charge in [-0.3, -0.25) is 4.79 Å². The Morgan fingerprint density at radius 2 is 2.00 bits per heavy atom. The van der Waals surface area contributed by atoms with Crippen LogP contribution in [0.15, 0.2) is 36.9 Å². The second-order valence-electron chi connectivity index (χ2n) is 6.08. The Bertz CT molecular complexity index is 609. The monoisotopic (exact) mass is 346 g/mol. The Morgan fingerprint density at radius 1 is 1.28 bits per heavy atom. The van der Waals surface area contributed by atoms with Crippen LogP contribution >= 0.6 is 0 Å². The Balaban J connectivity index is 1.75. The van der Waals surface area contributed by atoms with E-state index < -0.39 is 12.1 Å². The molecule has 6 nitrogen and oxygen atoms in total. The van der Waals surface area contributed by atoms with Crippen molar-refractivity contribution in [2.45, 2.75) is 20.0 Å². The average Bonchev–Trinajstić information content (AvgIpc) is 2.64. The summed E-state index contributed by atoms with van der Waals surface area (Å²) in [6.07, 6.45) is 0.854. The van der Waals surface area contributed by atoms with Crippen LogP contribution in [0, 0.1) is 6.92 Å². The van der Waals surface area contributed by atoms with Gasteiger partial charge in [0, 0.05) is 31.9 Å².